The van der Waals surface area contributed by atoms with Gasteiger partial charge in [0, 0.05) is 18.4 Å². The number of likely N-dealkylation sites (tertiary alicyclic amines) is 1. The van der Waals surface area contributed by atoms with Crippen LogP contribution in [-0.4, -0.2) is 41.6 Å². The average molecular weight is 381 g/mol. The van der Waals surface area contributed by atoms with Crippen molar-refractivity contribution in [2.45, 2.75) is 52.0 Å². The summed E-state index contributed by atoms with van der Waals surface area (Å²) in [6, 6.07) is 15.0. The fourth-order valence-electron chi connectivity index (χ4n) is 4.25. The Morgan fingerprint density at radius 2 is 1.86 bits per heavy atom. The lowest BCUT2D eigenvalue weighted by Crippen LogP contribution is -2.48. The molecular weight excluding hydrogens is 348 g/mol. The Balaban J connectivity index is 1.62. The van der Waals surface area contributed by atoms with E-state index in [-0.39, 0.29) is 11.4 Å². The summed E-state index contributed by atoms with van der Waals surface area (Å²) in [5.74, 6) is -0.00880. The number of carbonyl (C=O) groups is 1. The Morgan fingerprint density at radius 1 is 1.14 bits per heavy atom. The van der Waals surface area contributed by atoms with Gasteiger partial charge in [0.2, 0.25) is 0 Å². The van der Waals surface area contributed by atoms with E-state index in [2.05, 4.69) is 47.1 Å². The van der Waals surface area contributed by atoms with Gasteiger partial charge in [0.1, 0.15) is 0 Å². The Kier molecular flexibility index (Phi) is 7.21. The van der Waals surface area contributed by atoms with Crippen LogP contribution in [0.15, 0.2) is 54.9 Å². The van der Waals surface area contributed by atoms with Crippen molar-refractivity contribution in [2.24, 2.45) is 5.41 Å². The molecule has 0 radical (unpaired) electrons. The number of aromatic nitrogens is 1. The minimum absolute atomic E-state index is 0.00880. The quantitative estimate of drug-likeness (QED) is 0.641. The van der Waals surface area contributed by atoms with Crippen LogP contribution >= 0.6 is 0 Å². The zero-order chi connectivity index (χ0) is 19.8. The molecule has 1 fully saturated rings. The highest BCUT2D eigenvalue weighted by molar-refractivity contribution is 5.77. The van der Waals surface area contributed by atoms with Gasteiger partial charge in [0.25, 0.3) is 0 Å². The van der Waals surface area contributed by atoms with Crippen LogP contribution in [0.5, 0.6) is 0 Å². The number of nitrogens with zero attached hydrogens (tertiary/aromatic N) is 2. The Labute approximate surface area is 168 Å². The lowest BCUT2D eigenvalue weighted by molar-refractivity contribution is -0.159. The number of carbonyl (C=O) groups excluding carboxylic acids is 1. The van der Waals surface area contributed by atoms with Gasteiger partial charge >= 0.3 is 5.97 Å². The number of aryl methyl sites for hydroxylation is 1. The molecule has 2 heterocycles. The van der Waals surface area contributed by atoms with E-state index in [1.54, 1.807) is 0 Å². The number of ether oxygens (including phenoxy) is 1. The van der Waals surface area contributed by atoms with Crippen LogP contribution in [0.4, 0.5) is 0 Å². The number of pyridine rings is 1. The standard InChI is InChI=1S/C24H32N2O2/c1-3-28-23(27)24(12-11-21-8-5-4-6-9-21)13-16-26(17-14-24)20(2)18-22-10-7-15-25-19-22/h4-10,15,19-20H,3,11-14,16-18H2,1-2H3/t20-/m0/s1. The van der Waals surface area contributed by atoms with Gasteiger partial charge in [-0.25, -0.2) is 0 Å². The molecule has 1 atom stereocenters. The molecule has 28 heavy (non-hydrogen) atoms. The van der Waals surface area contributed by atoms with Gasteiger partial charge in [0.15, 0.2) is 0 Å². The highest BCUT2D eigenvalue weighted by atomic mass is 16.5. The first kappa shape index (κ1) is 20.5. The fraction of sp³-hybridized carbons (Fsp3) is 0.500. The number of hydrogen-bond acceptors (Lipinski definition) is 4. The highest BCUT2D eigenvalue weighted by Crippen LogP contribution is 2.38. The molecule has 1 aromatic carbocycles. The van der Waals surface area contributed by atoms with Crippen molar-refractivity contribution in [1.82, 2.24) is 9.88 Å². The zero-order valence-corrected chi connectivity index (χ0v) is 17.1. The van der Waals surface area contributed by atoms with Gasteiger partial charge in [0.05, 0.1) is 12.0 Å². The Bertz CT molecular complexity index is 725. The molecule has 1 saturated heterocycles. The molecule has 1 aromatic heterocycles. The summed E-state index contributed by atoms with van der Waals surface area (Å²) in [7, 11) is 0. The lowest BCUT2D eigenvalue weighted by Gasteiger charge is -2.42. The molecule has 4 nitrogen and oxygen atoms in total. The first-order valence-electron chi connectivity index (χ1n) is 10.5. The molecule has 0 aliphatic carbocycles. The van der Waals surface area contributed by atoms with E-state index in [0.29, 0.717) is 12.6 Å². The molecule has 4 heteroatoms. The molecule has 0 bridgehead atoms. The molecule has 1 aliphatic heterocycles. The Hall–Kier alpha value is -2.20. The average Bonchev–Trinajstić information content (AvgIpc) is 2.74. The van der Waals surface area contributed by atoms with Crippen molar-refractivity contribution < 1.29 is 9.53 Å². The van der Waals surface area contributed by atoms with Gasteiger partial charge in [-0.05, 0) is 76.2 Å². The molecule has 0 spiro atoms. The van der Waals surface area contributed by atoms with E-state index in [1.165, 1.54) is 11.1 Å². The number of piperidine rings is 1. The van der Waals surface area contributed by atoms with Crippen molar-refractivity contribution in [3.05, 3.63) is 66.0 Å². The molecule has 0 N–H and O–H groups in total. The summed E-state index contributed by atoms with van der Waals surface area (Å²) in [6.07, 6.45) is 8.28. The summed E-state index contributed by atoms with van der Waals surface area (Å²) in [5.41, 5.74) is 2.20. The SMILES string of the molecule is CCOC(=O)C1(CCc2ccccc2)CCN([C@@H](C)Cc2cccnc2)CC1. The first-order valence-corrected chi connectivity index (χ1v) is 10.5. The molecule has 150 valence electrons. The Morgan fingerprint density at radius 3 is 2.50 bits per heavy atom. The van der Waals surface area contributed by atoms with E-state index in [1.807, 2.05) is 31.5 Å². The maximum Gasteiger partial charge on any atom is 0.312 e. The number of esters is 1. The predicted octanol–water partition coefficient (Wildman–Crippen LogP) is 4.29. The van der Waals surface area contributed by atoms with E-state index in [9.17, 15) is 4.79 Å². The van der Waals surface area contributed by atoms with Gasteiger partial charge in [-0.15, -0.1) is 0 Å². The highest BCUT2D eigenvalue weighted by Gasteiger charge is 2.42. The minimum Gasteiger partial charge on any atom is -0.466 e. The van der Waals surface area contributed by atoms with Crippen LogP contribution in [0.25, 0.3) is 0 Å². The second-order valence-electron chi connectivity index (χ2n) is 7.94. The minimum atomic E-state index is -0.351. The number of rotatable bonds is 8. The van der Waals surface area contributed by atoms with Crippen LogP contribution in [0.3, 0.4) is 0 Å². The summed E-state index contributed by atoms with van der Waals surface area (Å²) < 4.78 is 5.50. The van der Waals surface area contributed by atoms with Crippen molar-refractivity contribution in [2.75, 3.05) is 19.7 Å². The topological polar surface area (TPSA) is 42.4 Å². The zero-order valence-electron chi connectivity index (χ0n) is 17.1. The van der Waals surface area contributed by atoms with Crippen LogP contribution < -0.4 is 0 Å². The monoisotopic (exact) mass is 380 g/mol. The number of hydrogen-bond donors (Lipinski definition) is 0. The smallest absolute Gasteiger partial charge is 0.312 e. The van der Waals surface area contributed by atoms with Gasteiger partial charge in [-0.2, -0.15) is 0 Å². The van der Waals surface area contributed by atoms with Crippen molar-refractivity contribution in [1.29, 1.82) is 0 Å². The molecular formula is C24H32N2O2. The maximum absolute atomic E-state index is 12.9. The fourth-order valence-corrected chi connectivity index (χ4v) is 4.25. The third kappa shape index (κ3) is 5.20. The summed E-state index contributed by atoms with van der Waals surface area (Å²) >= 11 is 0. The molecule has 1 aliphatic rings. The summed E-state index contributed by atoms with van der Waals surface area (Å²) in [6.45, 7) is 6.50. The van der Waals surface area contributed by atoms with Crippen molar-refractivity contribution in [3.63, 3.8) is 0 Å². The number of benzene rings is 1. The summed E-state index contributed by atoms with van der Waals surface area (Å²) in [5, 5.41) is 0. The van der Waals surface area contributed by atoms with Crippen LogP contribution in [0.2, 0.25) is 0 Å². The van der Waals surface area contributed by atoms with E-state index in [0.717, 1.165) is 45.2 Å². The van der Waals surface area contributed by atoms with Crippen LogP contribution in [0, 0.1) is 5.41 Å². The van der Waals surface area contributed by atoms with E-state index >= 15 is 0 Å². The third-order valence-electron chi connectivity index (χ3n) is 6.08. The van der Waals surface area contributed by atoms with Crippen LogP contribution in [0.1, 0.15) is 44.2 Å². The summed E-state index contributed by atoms with van der Waals surface area (Å²) in [4.78, 5) is 19.6. The molecule has 0 unspecified atom stereocenters. The second kappa shape index (κ2) is 9.83. The van der Waals surface area contributed by atoms with Gasteiger partial charge in [-0.3, -0.25) is 9.78 Å². The second-order valence-corrected chi connectivity index (χ2v) is 7.94. The van der Waals surface area contributed by atoms with Gasteiger partial charge < -0.3 is 9.64 Å². The first-order chi connectivity index (χ1) is 13.6. The van der Waals surface area contributed by atoms with E-state index < -0.39 is 0 Å². The van der Waals surface area contributed by atoms with Crippen molar-refractivity contribution in [3.8, 4) is 0 Å². The molecule has 2 aromatic rings. The normalized spacial score (nSPS) is 17.8. The predicted molar refractivity (Wildman–Crippen MR) is 112 cm³/mol. The van der Waals surface area contributed by atoms with E-state index in [4.69, 9.17) is 4.74 Å². The lowest BCUT2D eigenvalue weighted by atomic mass is 9.73. The van der Waals surface area contributed by atoms with Gasteiger partial charge in [-0.1, -0.05) is 36.4 Å². The largest absolute Gasteiger partial charge is 0.466 e. The molecule has 0 amide bonds. The van der Waals surface area contributed by atoms with Crippen LogP contribution in [-0.2, 0) is 22.4 Å². The molecule has 3 rings (SSSR count). The maximum atomic E-state index is 12.9. The van der Waals surface area contributed by atoms with Crippen molar-refractivity contribution >= 4 is 5.97 Å². The third-order valence-corrected chi connectivity index (χ3v) is 6.08. The molecule has 0 saturated carbocycles.